The summed E-state index contributed by atoms with van der Waals surface area (Å²) in [6, 6.07) is 19.0. The number of phenolic OH excluding ortho intramolecular Hbond substituents is 1. The van der Waals surface area contributed by atoms with Gasteiger partial charge in [0.05, 0.1) is 33.6 Å². The summed E-state index contributed by atoms with van der Waals surface area (Å²) in [6.45, 7) is 12.6. The number of alkyl halides is 2. The number of hydrogen-bond donors (Lipinski definition) is 4. The quantitative estimate of drug-likeness (QED) is 0.0730. The number of β-amino-alcohol motifs (C(OH)–C–C–N with tert-alkyl or cyclic N) is 1. The summed E-state index contributed by atoms with van der Waals surface area (Å²) in [5, 5.41) is 36.2. The number of aromatic nitrogens is 5. The molecule has 22 heteroatoms. The van der Waals surface area contributed by atoms with Crippen LogP contribution in [0.5, 0.6) is 17.5 Å². The number of nitrogens with zero attached hydrogens (tertiary/aromatic N) is 10. The number of nitrogen functional groups attached to an aromatic ring is 1. The molecule has 4 saturated heterocycles. The molecule has 402 valence electrons. The second-order valence-electron chi connectivity index (χ2n) is 20.3. The summed E-state index contributed by atoms with van der Waals surface area (Å²) in [7, 11) is 0. The highest BCUT2D eigenvalue weighted by Gasteiger charge is 2.45. The number of nitrogens with one attached hydrogen (secondary N) is 1. The summed E-state index contributed by atoms with van der Waals surface area (Å²) in [6.07, 6.45) is -0.145. The van der Waals surface area contributed by atoms with Crippen LogP contribution in [0.4, 0.5) is 26.0 Å². The van der Waals surface area contributed by atoms with Gasteiger partial charge in [0.15, 0.2) is 11.6 Å². The predicted octanol–water partition coefficient (Wildman–Crippen LogP) is 6.00. The van der Waals surface area contributed by atoms with E-state index in [2.05, 4.69) is 50.2 Å². The molecule has 19 nitrogen and oxygen atoms in total. The first-order valence-corrected chi connectivity index (χ1v) is 26.8. The minimum Gasteiger partial charge on any atom is -0.507 e. The van der Waals surface area contributed by atoms with Gasteiger partial charge < -0.3 is 50.0 Å². The van der Waals surface area contributed by atoms with Crippen molar-refractivity contribution in [2.24, 2.45) is 5.92 Å². The number of piperazine rings is 2. The zero-order chi connectivity index (χ0) is 53.0. The summed E-state index contributed by atoms with van der Waals surface area (Å²) in [5.41, 5.74) is 13.1. The Bertz CT molecular complexity index is 2940. The van der Waals surface area contributed by atoms with Crippen LogP contribution in [0.3, 0.4) is 0 Å². The zero-order valence-corrected chi connectivity index (χ0v) is 43.6. The fourth-order valence-electron chi connectivity index (χ4n) is 11.1. The van der Waals surface area contributed by atoms with Gasteiger partial charge in [-0.25, -0.2) is 18.7 Å². The molecule has 6 atom stereocenters. The maximum Gasteiger partial charge on any atom is 0.262 e. The number of fused-ring (bicyclic) bond motifs is 2. The molecule has 4 fully saturated rings. The molecule has 2 unspecified atom stereocenters. The number of aryl methyl sites for hydroxylation is 1. The van der Waals surface area contributed by atoms with Gasteiger partial charge in [-0.05, 0) is 66.2 Å². The van der Waals surface area contributed by atoms with Crippen LogP contribution in [0.15, 0.2) is 89.0 Å². The molecule has 76 heavy (non-hydrogen) atoms. The third kappa shape index (κ3) is 11.5. The number of rotatable bonds is 19. The number of thiazole rings is 1. The molecular weight excluding hydrogens is 999 g/mol. The van der Waals surface area contributed by atoms with E-state index in [4.69, 9.17) is 19.7 Å². The van der Waals surface area contributed by atoms with Crippen LogP contribution < -0.4 is 30.3 Å². The highest BCUT2D eigenvalue weighted by Crippen LogP contribution is 2.40. The van der Waals surface area contributed by atoms with Gasteiger partial charge >= 0.3 is 0 Å². The molecule has 0 radical (unpaired) electrons. The van der Waals surface area contributed by atoms with Crippen molar-refractivity contribution in [3.05, 3.63) is 102 Å². The number of likely N-dealkylation sites (tertiary alicyclic amines) is 1. The van der Waals surface area contributed by atoms with Crippen LogP contribution in [0.1, 0.15) is 62.1 Å². The monoisotopic (exact) mass is 1060 g/mol. The van der Waals surface area contributed by atoms with E-state index >= 15 is 0 Å². The molecule has 5 N–H and O–H groups in total. The Kier molecular flexibility index (Phi) is 15.9. The van der Waals surface area contributed by atoms with Gasteiger partial charge in [0.2, 0.25) is 17.7 Å². The average Bonchev–Trinajstić information content (AvgIpc) is 4.22. The topological polar surface area (TPSA) is 225 Å². The molecule has 6 aromatic rings. The summed E-state index contributed by atoms with van der Waals surface area (Å²) >= 11 is 1.45. The van der Waals surface area contributed by atoms with E-state index in [9.17, 15) is 28.6 Å². The van der Waals surface area contributed by atoms with Gasteiger partial charge in [-0.1, -0.05) is 50.2 Å². The highest BCUT2D eigenvalue weighted by atomic mass is 32.1. The summed E-state index contributed by atoms with van der Waals surface area (Å²) in [4.78, 5) is 48.4. The van der Waals surface area contributed by atoms with Crippen molar-refractivity contribution in [3.63, 3.8) is 0 Å². The lowest BCUT2D eigenvalue weighted by molar-refractivity contribution is -0.141. The third-order valence-electron chi connectivity index (χ3n) is 15.0. The summed E-state index contributed by atoms with van der Waals surface area (Å²) in [5.74, 6) is -0.875. The molecule has 2 bridgehead atoms. The molecule has 0 spiro atoms. The number of nitrogens with two attached hydrogens (primary N) is 1. The molecule has 2 amide bonds. The Morgan fingerprint density at radius 2 is 1.59 bits per heavy atom. The van der Waals surface area contributed by atoms with E-state index in [0.717, 1.165) is 86.2 Å². The van der Waals surface area contributed by atoms with E-state index in [0.29, 0.717) is 42.7 Å². The fraction of sp³-hybridized carbons (Fsp3) is 0.463. The largest absolute Gasteiger partial charge is 0.507 e. The molecular formula is C54H64F2N12O7S. The van der Waals surface area contributed by atoms with Crippen LogP contribution >= 0.6 is 11.3 Å². The summed E-state index contributed by atoms with van der Waals surface area (Å²) < 4.78 is 46.9. The van der Waals surface area contributed by atoms with Crippen molar-refractivity contribution in [1.82, 2.24) is 45.3 Å². The Hall–Kier alpha value is -7.01. The van der Waals surface area contributed by atoms with Crippen molar-refractivity contribution >= 4 is 40.3 Å². The number of aromatic hydroxyl groups is 1. The smallest absolute Gasteiger partial charge is 0.262 e. The number of halogens is 2. The number of hydrogen-bond acceptors (Lipinski definition) is 18. The highest BCUT2D eigenvalue weighted by molar-refractivity contribution is 7.13. The van der Waals surface area contributed by atoms with Gasteiger partial charge in [0.25, 0.3) is 12.3 Å². The third-order valence-corrected chi connectivity index (χ3v) is 16.0. The molecule has 8 heterocycles. The first-order chi connectivity index (χ1) is 36.8. The molecule has 4 aromatic heterocycles. The van der Waals surface area contributed by atoms with E-state index < -0.39 is 42.3 Å². The van der Waals surface area contributed by atoms with Crippen molar-refractivity contribution in [2.45, 2.75) is 82.6 Å². The molecule has 0 aliphatic carbocycles. The van der Waals surface area contributed by atoms with Gasteiger partial charge in [-0.2, -0.15) is 0 Å². The van der Waals surface area contributed by atoms with Crippen LogP contribution in [-0.4, -0.2) is 165 Å². The van der Waals surface area contributed by atoms with Crippen LogP contribution in [0.2, 0.25) is 0 Å². The minimum absolute atomic E-state index is 0.0993. The van der Waals surface area contributed by atoms with E-state index in [1.165, 1.54) is 16.2 Å². The SMILES string of the molecule is Cc1ncsc1-c1ccc([C@@H](NC(=O)[C@@H]2C[C@@H](O)CN2C(=O)[C@@H](c2cc(OCCN3CCN(CCOc4cc(N5C6CCC5CN(c5cc(-c7ccccc7O)nnc5N)C6)ccn4)CC3)no2)C(C)C)C(F)F)cc1. The van der Waals surface area contributed by atoms with Gasteiger partial charge in [-0.15, -0.1) is 21.5 Å². The van der Waals surface area contributed by atoms with Crippen molar-refractivity contribution in [3.8, 4) is 39.2 Å². The second-order valence-corrected chi connectivity index (χ2v) is 21.2. The zero-order valence-electron chi connectivity index (χ0n) is 42.8. The molecule has 10 rings (SSSR count). The molecule has 4 aliphatic heterocycles. The Morgan fingerprint density at radius 1 is 0.895 bits per heavy atom. The van der Waals surface area contributed by atoms with Crippen molar-refractivity contribution < 1.29 is 42.6 Å². The number of benzene rings is 2. The second kappa shape index (κ2) is 23.1. The van der Waals surface area contributed by atoms with E-state index in [1.807, 2.05) is 57.3 Å². The number of para-hydroxylation sites is 1. The molecule has 0 saturated carbocycles. The Balaban J connectivity index is 0.664. The average molecular weight is 1060 g/mol. The number of carbonyl (C=O) groups is 2. The lowest BCUT2D eigenvalue weighted by Gasteiger charge is -2.43. The number of phenols is 1. The predicted molar refractivity (Wildman–Crippen MR) is 283 cm³/mol. The number of anilines is 3. The number of aliphatic hydroxyl groups excluding tert-OH is 1. The van der Waals surface area contributed by atoms with Gasteiger partial charge in [-0.3, -0.25) is 19.4 Å². The van der Waals surface area contributed by atoms with Crippen molar-refractivity contribution in [1.29, 1.82) is 0 Å². The van der Waals surface area contributed by atoms with Crippen molar-refractivity contribution in [2.75, 3.05) is 87.7 Å². The van der Waals surface area contributed by atoms with Crippen LogP contribution in [-0.2, 0) is 9.59 Å². The fourth-order valence-corrected chi connectivity index (χ4v) is 11.9. The maximum atomic E-state index is 14.5. The molecule has 2 aromatic carbocycles. The lowest BCUT2D eigenvalue weighted by Crippen LogP contribution is -2.54. The number of pyridine rings is 1. The Morgan fingerprint density at radius 3 is 2.25 bits per heavy atom. The minimum atomic E-state index is -2.93. The van der Waals surface area contributed by atoms with Gasteiger partial charge in [0, 0.05) is 107 Å². The van der Waals surface area contributed by atoms with Crippen LogP contribution in [0.25, 0.3) is 21.7 Å². The van der Waals surface area contributed by atoms with Crippen LogP contribution in [0, 0.1) is 12.8 Å². The standard InChI is InChI=1S/C54H64F2N12O7S/c1-32(2)48(54(72)67-30-39(69)25-43(67)53(71)60-49(51(55)56)34-8-10-35(11-9-34)50-33(3)59-31-76-50)45-27-47(63-75-45)74-23-21-65-18-16-64(17-19-65)20-22-73-46-24-36(14-15-58-46)68-37-12-13-38(68)29-66(28-37)42-26-41(61-62-52(42)57)40-6-4-5-7-44(40)70/h4-11,14-15,24,26-27,31-32,37-39,43,48-49,51,69-70H,12-13,16-23,25,28-30H2,1-3H3,(H2,57,62)(H,60,71)/t37?,38?,39-,43+,48-,49-/m1/s1. The first kappa shape index (κ1) is 52.4. The number of carbonyl (C=O) groups excluding carboxylic acids is 2. The maximum absolute atomic E-state index is 14.5. The normalized spacial score (nSPS) is 20.9. The van der Waals surface area contributed by atoms with Gasteiger partial charge in [0.1, 0.15) is 37.0 Å². The van der Waals surface area contributed by atoms with E-state index in [1.54, 1.807) is 48.0 Å². The van der Waals surface area contributed by atoms with E-state index in [-0.39, 0.29) is 53.9 Å². The number of amides is 2. The number of aliphatic hydroxyl groups is 1. The molecule has 4 aliphatic rings. The Labute approximate surface area is 443 Å². The number of ether oxygens (including phenoxy) is 2. The lowest BCUT2D eigenvalue weighted by atomic mass is 9.91. The first-order valence-electron chi connectivity index (χ1n) is 25.9.